The molecule has 1 aromatic carbocycles. The number of nitrogens with one attached hydrogen (secondary N) is 1. The number of urea groups is 1. The Balaban J connectivity index is 1.69. The summed E-state index contributed by atoms with van der Waals surface area (Å²) in [6.07, 6.45) is -4.47. The van der Waals surface area contributed by atoms with Crippen molar-refractivity contribution in [3.05, 3.63) is 53.5 Å². The number of furan rings is 1. The zero-order valence-electron chi connectivity index (χ0n) is 16.2. The van der Waals surface area contributed by atoms with Crippen molar-refractivity contribution < 1.29 is 27.1 Å². The standard InChI is InChI=1S/C20H24F3N3O3/c1-15-5-6-18(29-15)14-26(8-7-25-9-11-28-12-10-25)19(27)24-17-4-2-3-16(13-17)20(21,22)23/h2-6,13H,7-12,14H2,1H3,(H,24,27). The summed E-state index contributed by atoms with van der Waals surface area (Å²) >= 11 is 0. The van der Waals surface area contributed by atoms with Crippen molar-refractivity contribution in [2.45, 2.75) is 19.6 Å². The molecule has 158 valence electrons. The minimum absolute atomic E-state index is 0.0943. The second-order valence-corrected chi connectivity index (χ2v) is 6.90. The van der Waals surface area contributed by atoms with E-state index in [0.29, 0.717) is 32.1 Å². The average Bonchev–Trinajstić information content (AvgIpc) is 3.10. The number of carbonyl (C=O) groups is 1. The minimum Gasteiger partial charge on any atom is -0.464 e. The van der Waals surface area contributed by atoms with Gasteiger partial charge < -0.3 is 19.4 Å². The lowest BCUT2D eigenvalue weighted by atomic mass is 10.2. The molecule has 1 saturated heterocycles. The van der Waals surface area contributed by atoms with Crippen LogP contribution in [0.1, 0.15) is 17.1 Å². The summed E-state index contributed by atoms with van der Waals surface area (Å²) in [7, 11) is 0. The van der Waals surface area contributed by atoms with Crippen molar-refractivity contribution in [2.75, 3.05) is 44.7 Å². The van der Waals surface area contributed by atoms with Crippen LogP contribution in [0.3, 0.4) is 0 Å². The highest BCUT2D eigenvalue weighted by atomic mass is 19.4. The van der Waals surface area contributed by atoms with Crippen LogP contribution >= 0.6 is 0 Å². The zero-order chi connectivity index (χ0) is 20.9. The highest BCUT2D eigenvalue weighted by molar-refractivity contribution is 5.89. The van der Waals surface area contributed by atoms with Crippen molar-refractivity contribution in [1.82, 2.24) is 9.80 Å². The number of aryl methyl sites for hydroxylation is 1. The van der Waals surface area contributed by atoms with Gasteiger partial charge in [-0.15, -0.1) is 0 Å². The van der Waals surface area contributed by atoms with Crippen LogP contribution < -0.4 is 5.32 Å². The maximum Gasteiger partial charge on any atom is 0.416 e. The van der Waals surface area contributed by atoms with E-state index in [2.05, 4.69) is 10.2 Å². The molecule has 1 aromatic heterocycles. The summed E-state index contributed by atoms with van der Waals surface area (Å²) in [6.45, 7) is 5.93. The quantitative estimate of drug-likeness (QED) is 0.782. The Bertz CT molecular complexity index is 817. The van der Waals surface area contributed by atoms with E-state index >= 15 is 0 Å². The molecular weight excluding hydrogens is 387 g/mol. The molecule has 0 unspecified atom stereocenters. The number of morpholine rings is 1. The maximum atomic E-state index is 12.9. The Morgan fingerprint density at radius 1 is 1.21 bits per heavy atom. The Morgan fingerprint density at radius 3 is 2.62 bits per heavy atom. The molecule has 0 atom stereocenters. The lowest BCUT2D eigenvalue weighted by Crippen LogP contribution is -2.44. The number of hydrogen-bond donors (Lipinski definition) is 1. The van der Waals surface area contributed by atoms with Gasteiger partial charge in [-0.1, -0.05) is 6.07 Å². The fraction of sp³-hybridized carbons (Fsp3) is 0.450. The van der Waals surface area contributed by atoms with Gasteiger partial charge in [-0.05, 0) is 37.3 Å². The van der Waals surface area contributed by atoms with Gasteiger partial charge in [0.05, 0.1) is 25.3 Å². The van der Waals surface area contributed by atoms with Crippen molar-refractivity contribution in [3.8, 4) is 0 Å². The van der Waals surface area contributed by atoms with Gasteiger partial charge in [-0.2, -0.15) is 13.2 Å². The first-order valence-corrected chi connectivity index (χ1v) is 9.40. The van der Waals surface area contributed by atoms with Gasteiger partial charge in [-0.25, -0.2) is 4.79 Å². The lowest BCUT2D eigenvalue weighted by molar-refractivity contribution is -0.137. The predicted molar refractivity (Wildman–Crippen MR) is 102 cm³/mol. The molecule has 0 spiro atoms. The van der Waals surface area contributed by atoms with Gasteiger partial charge in [0.15, 0.2) is 0 Å². The van der Waals surface area contributed by atoms with Crippen LogP contribution in [-0.4, -0.2) is 55.2 Å². The van der Waals surface area contributed by atoms with Gasteiger partial charge in [-0.3, -0.25) is 4.90 Å². The van der Waals surface area contributed by atoms with Crippen LogP contribution in [-0.2, 0) is 17.5 Å². The van der Waals surface area contributed by atoms with E-state index < -0.39 is 17.8 Å². The molecule has 1 N–H and O–H groups in total. The number of carbonyl (C=O) groups excluding carboxylic acids is 1. The molecule has 29 heavy (non-hydrogen) atoms. The molecule has 6 nitrogen and oxygen atoms in total. The third-order valence-electron chi connectivity index (χ3n) is 4.66. The molecule has 2 amide bonds. The molecule has 2 heterocycles. The Labute approximate surface area is 167 Å². The summed E-state index contributed by atoms with van der Waals surface area (Å²) in [5.74, 6) is 1.34. The smallest absolute Gasteiger partial charge is 0.416 e. The first kappa shape index (κ1) is 21.2. The summed E-state index contributed by atoms with van der Waals surface area (Å²) < 4.78 is 49.7. The molecular formula is C20H24F3N3O3. The van der Waals surface area contributed by atoms with Crippen LogP contribution in [0, 0.1) is 6.92 Å². The van der Waals surface area contributed by atoms with Crippen molar-refractivity contribution >= 4 is 11.7 Å². The molecule has 0 aliphatic carbocycles. The van der Waals surface area contributed by atoms with Gasteiger partial charge in [0, 0.05) is 31.9 Å². The Hall–Kier alpha value is -2.52. The van der Waals surface area contributed by atoms with E-state index in [4.69, 9.17) is 9.15 Å². The minimum atomic E-state index is -4.47. The van der Waals surface area contributed by atoms with Gasteiger partial charge >= 0.3 is 12.2 Å². The van der Waals surface area contributed by atoms with Crippen LogP contribution in [0.15, 0.2) is 40.8 Å². The highest BCUT2D eigenvalue weighted by Gasteiger charge is 2.30. The van der Waals surface area contributed by atoms with E-state index in [-0.39, 0.29) is 12.2 Å². The number of alkyl halides is 3. The normalized spacial score (nSPS) is 15.3. The second-order valence-electron chi connectivity index (χ2n) is 6.90. The van der Waals surface area contributed by atoms with Crippen molar-refractivity contribution in [3.63, 3.8) is 0 Å². The first-order chi connectivity index (χ1) is 13.8. The lowest BCUT2D eigenvalue weighted by Gasteiger charge is -2.30. The van der Waals surface area contributed by atoms with Crippen LogP contribution in [0.25, 0.3) is 0 Å². The van der Waals surface area contributed by atoms with Gasteiger partial charge in [0.1, 0.15) is 11.5 Å². The average molecular weight is 411 g/mol. The fourth-order valence-electron chi connectivity index (χ4n) is 3.07. The second kappa shape index (κ2) is 9.32. The molecule has 2 aromatic rings. The van der Waals surface area contributed by atoms with Gasteiger partial charge in [0.2, 0.25) is 0 Å². The third-order valence-corrected chi connectivity index (χ3v) is 4.66. The van der Waals surface area contributed by atoms with Gasteiger partial charge in [0.25, 0.3) is 0 Å². The summed E-state index contributed by atoms with van der Waals surface area (Å²) in [4.78, 5) is 16.5. The molecule has 0 bridgehead atoms. The molecule has 1 aliphatic heterocycles. The monoisotopic (exact) mass is 411 g/mol. The number of halogens is 3. The van der Waals surface area contributed by atoms with E-state index in [1.807, 2.05) is 6.92 Å². The van der Waals surface area contributed by atoms with Crippen LogP contribution in [0.5, 0.6) is 0 Å². The molecule has 1 fully saturated rings. The Kier molecular flexibility index (Phi) is 6.81. The largest absolute Gasteiger partial charge is 0.464 e. The molecule has 9 heteroatoms. The number of rotatable bonds is 6. The van der Waals surface area contributed by atoms with E-state index in [1.165, 1.54) is 17.0 Å². The summed E-state index contributed by atoms with van der Waals surface area (Å²) in [6, 6.07) is 7.71. The van der Waals surface area contributed by atoms with E-state index in [1.54, 1.807) is 12.1 Å². The molecule has 1 aliphatic rings. The fourth-order valence-corrected chi connectivity index (χ4v) is 3.07. The van der Waals surface area contributed by atoms with Crippen LogP contribution in [0.4, 0.5) is 23.7 Å². The highest BCUT2D eigenvalue weighted by Crippen LogP contribution is 2.30. The maximum absolute atomic E-state index is 12.9. The van der Waals surface area contributed by atoms with Crippen LogP contribution in [0.2, 0.25) is 0 Å². The predicted octanol–water partition coefficient (Wildman–Crippen LogP) is 3.97. The topological polar surface area (TPSA) is 58.0 Å². The third kappa shape index (κ3) is 6.23. The number of nitrogens with zero attached hydrogens (tertiary/aromatic N) is 2. The number of ether oxygens (including phenoxy) is 1. The first-order valence-electron chi connectivity index (χ1n) is 9.40. The van der Waals surface area contributed by atoms with E-state index in [9.17, 15) is 18.0 Å². The number of hydrogen-bond acceptors (Lipinski definition) is 4. The Morgan fingerprint density at radius 2 is 1.97 bits per heavy atom. The summed E-state index contributed by atoms with van der Waals surface area (Å²) in [5.41, 5.74) is -0.714. The van der Waals surface area contributed by atoms with Crippen molar-refractivity contribution in [2.24, 2.45) is 0 Å². The number of benzene rings is 1. The molecule has 3 rings (SSSR count). The SMILES string of the molecule is Cc1ccc(CN(CCN2CCOCC2)C(=O)Nc2cccc(C(F)(F)F)c2)o1. The summed E-state index contributed by atoms with van der Waals surface area (Å²) in [5, 5.41) is 2.57. The van der Waals surface area contributed by atoms with E-state index in [0.717, 1.165) is 31.0 Å². The number of amides is 2. The molecule has 0 saturated carbocycles. The number of anilines is 1. The van der Waals surface area contributed by atoms with Crippen molar-refractivity contribution in [1.29, 1.82) is 0 Å². The zero-order valence-corrected chi connectivity index (χ0v) is 16.2. The molecule has 0 radical (unpaired) electrons.